The fourth-order valence-corrected chi connectivity index (χ4v) is 6.08. The molecule has 0 radical (unpaired) electrons. The quantitative estimate of drug-likeness (QED) is 0.672. The number of alkyl carbamates (subject to hydrolysis) is 1. The Kier molecular flexibility index (Phi) is 6.50. The number of carbonyl (C=O) groups is 3. The molecule has 2 N–H and O–H groups in total. The second kappa shape index (κ2) is 9.72. The first-order valence-corrected chi connectivity index (χ1v) is 12.6. The molecule has 5 rings (SSSR count). The number of hydrogen-bond acceptors (Lipinski definition) is 4. The number of rotatable bonds is 5. The molecule has 2 fully saturated rings. The molecule has 184 valence electrons. The maximum absolute atomic E-state index is 13.1. The summed E-state index contributed by atoms with van der Waals surface area (Å²) in [5, 5.41) is 12.3. The van der Waals surface area contributed by atoms with Gasteiger partial charge in [0.25, 0.3) is 0 Å². The second-order valence-electron chi connectivity index (χ2n) is 10.2. The van der Waals surface area contributed by atoms with Crippen molar-refractivity contribution in [3.8, 4) is 11.1 Å². The minimum absolute atomic E-state index is 0.00756. The molecule has 2 aromatic carbocycles. The third-order valence-corrected chi connectivity index (χ3v) is 7.93. The van der Waals surface area contributed by atoms with Gasteiger partial charge in [0.1, 0.15) is 6.61 Å². The van der Waals surface area contributed by atoms with Crippen molar-refractivity contribution >= 4 is 18.0 Å². The van der Waals surface area contributed by atoms with E-state index in [1.807, 2.05) is 31.2 Å². The average Bonchev–Trinajstić information content (AvgIpc) is 3.41. The van der Waals surface area contributed by atoms with Crippen LogP contribution in [0.2, 0.25) is 0 Å². The van der Waals surface area contributed by atoms with Crippen molar-refractivity contribution < 1.29 is 24.2 Å². The Morgan fingerprint density at radius 2 is 1.66 bits per heavy atom. The van der Waals surface area contributed by atoms with Crippen LogP contribution in [0, 0.1) is 17.8 Å². The lowest BCUT2D eigenvalue weighted by molar-refractivity contribution is -0.142. The van der Waals surface area contributed by atoms with E-state index in [1.165, 1.54) is 22.3 Å². The summed E-state index contributed by atoms with van der Waals surface area (Å²) in [5.74, 6) is -1.56. The van der Waals surface area contributed by atoms with Crippen LogP contribution in [0.1, 0.15) is 49.7 Å². The molecule has 1 heterocycles. The number of nitrogens with one attached hydrogen (secondary N) is 1. The zero-order valence-corrected chi connectivity index (χ0v) is 20.0. The van der Waals surface area contributed by atoms with Gasteiger partial charge in [-0.15, -0.1) is 0 Å². The van der Waals surface area contributed by atoms with E-state index in [4.69, 9.17) is 4.74 Å². The summed E-state index contributed by atoms with van der Waals surface area (Å²) in [6, 6.07) is 16.3. The molecule has 2 unspecified atom stereocenters. The predicted molar refractivity (Wildman–Crippen MR) is 131 cm³/mol. The van der Waals surface area contributed by atoms with Gasteiger partial charge in [-0.1, -0.05) is 61.9 Å². The van der Waals surface area contributed by atoms with E-state index in [9.17, 15) is 19.5 Å². The van der Waals surface area contributed by atoms with Crippen LogP contribution in [0.5, 0.6) is 0 Å². The standard InChI is InChI=1S/C28H32N2O5/c1-17-14-30(15-24(17)27(32)33)26(31)18-7-6-8-19(13-18)29-28(34)35-16-25-22-11-4-2-9-20(22)21-10-3-5-12-23(21)25/h2-5,9-12,17-19,24-25H,6-8,13-16H2,1H3,(H,29,34)(H,32,33)/t17-,18?,19?,24-/m1/s1. The van der Waals surface area contributed by atoms with Gasteiger partial charge in [-0.2, -0.15) is 0 Å². The minimum Gasteiger partial charge on any atom is -0.481 e. The molecule has 1 saturated carbocycles. The minimum atomic E-state index is -0.841. The van der Waals surface area contributed by atoms with Crippen LogP contribution in [0.3, 0.4) is 0 Å². The Morgan fingerprint density at radius 3 is 2.29 bits per heavy atom. The molecule has 7 heteroatoms. The van der Waals surface area contributed by atoms with Crippen LogP contribution in [0.15, 0.2) is 48.5 Å². The van der Waals surface area contributed by atoms with Crippen LogP contribution in [0.25, 0.3) is 11.1 Å². The summed E-state index contributed by atoms with van der Waals surface area (Å²) in [5.41, 5.74) is 4.72. The average molecular weight is 477 g/mol. The number of carboxylic acids is 1. The predicted octanol–water partition coefficient (Wildman–Crippen LogP) is 4.26. The van der Waals surface area contributed by atoms with Crippen LogP contribution in [-0.2, 0) is 14.3 Å². The zero-order chi connectivity index (χ0) is 24.5. The SMILES string of the molecule is C[C@@H]1CN(C(=O)C2CCCC(NC(=O)OCC3c4ccccc4-c4ccccc43)C2)C[C@H]1C(=O)O. The normalized spacial score (nSPS) is 25.6. The molecule has 7 nitrogen and oxygen atoms in total. The number of amides is 2. The number of benzene rings is 2. The third-order valence-electron chi connectivity index (χ3n) is 7.93. The Morgan fingerprint density at radius 1 is 1.00 bits per heavy atom. The van der Waals surface area contributed by atoms with Gasteiger partial charge in [0.2, 0.25) is 5.91 Å². The summed E-state index contributed by atoms with van der Waals surface area (Å²) in [6.07, 6.45) is 2.53. The smallest absolute Gasteiger partial charge is 0.407 e. The lowest BCUT2D eigenvalue weighted by Gasteiger charge is -2.31. The molecule has 2 aromatic rings. The first-order chi connectivity index (χ1) is 16.9. The number of fused-ring (bicyclic) bond motifs is 3. The first-order valence-electron chi connectivity index (χ1n) is 12.6. The van der Waals surface area contributed by atoms with E-state index in [0.29, 0.717) is 13.0 Å². The Labute approximate surface area is 205 Å². The van der Waals surface area contributed by atoms with Gasteiger partial charge in [-0.25, -0.2) is 4.79 Å². The van der Waals surface area contributed by atoms with E-state index in [1.54, 1.807) is 4.90 Å². The fraction of sp³-hybridized carbons (Fsp3) is 0.464. The topological polar surface area (TPSA) is 95.9 Å². The highest BCUT2D eigenvalue weighted by Gasteiger charge is 2.40. The van der Waals surface area contributed by atoms with Crippen molar-refractivity contribution in [1.82, 2.24) is 10.2 Å². The van der Waals surface area contributed by atoms with E-state index in [2.05, 4.69) is 29.6 Å². The monoisotopic (exact) mass is 476 g/mol. The van der Waals surface area contributed by atoms with Crippen molar-refractivity contribution in [3.63, 3.8) is 0 Å². The van der Waals surface area contributed by atoms with Crippen molar-refractivity contribution in [2.45, 2.75) is 44.6 Å². The summed E-state index contributed by atoms with van der Waals surface area (Å²) >= 11 is 0. The zero-order valence-electron chi connectivity index (χ0n) is 20.0. The van der Waals surface area contributed by atoms with E-state index < -0.39 is 18.0 Å². The fourth-order valence-electron chi connectivity index (χ4n) is 6.08. The summed E-state index contributed by atoms with van der Waals surface area (Å²) in [7, 11) is 0. The lowest BCUT2D eigenvalue weighted by Crippen LogP contribution is -2.43. The molecule has 0 aromatic heterocycles. The summed E-state index contributed by atoms with van der Waals surface area (Å²) < 4.78 is 5.68. The molecular weight excluding hydrogens is 444 g/mol. The number of carbonyl (C=O) groups excluding carboxylic acids is 2. The largest absolute Gasteiger partial charge is 0.481 e. The van der Waals surface area contributed by atoms with E-state index in [-0.39, 0.29) is 42.9 Å². The molecule has 4 atom stereocenters. The van der Waals surface area contributed by atoms with Crippen molar-refractivity contribution in [2.24, 2.45) is 17.8 Å². The molecule has 3 aliphatic rings. The molecule has 35 heavy (non-hydrogen) atoms. The maximum atomic E-state index is 13.1. The van der Waals surface area contributed by atoms with Gasteiger partial charge in [-0.3, -0.25) is 9.59 Å². The van der Waals surface area contributed by atoms with Gasteiger partial charge in [-0.05, 0) is 47.4 Å². The molecule has 0 bridgehead atoms. The molecule has 0 spiro atoms. The molecule has 2 amide bonds. The van der Waals surface area contributed by atoms with Gasteiger partial charge >= 0.3 is 12.1 Å². The summed E-state index contributed by atoms with van der Waals surface area (Å²) in [4.78, 5) is 38.9. The molecule has 1 saturated heterocycles. The van der Waals surface area contributed by atoms with Crippen LogP contribution >= 0.6 is 0 Å². The van der Waals surface area contributed by atoms with Crippen molar-refractivity contribution in [3.05, 3.63) is 59.7 Å². The lowest BCUT2D eigenvalue weighted by atomic mass is 9.85. The van der Waals surface area contributed by atoms with Crippen LogP contribution in [-0.4, -0.2) is 53.7 Å². The Bertz CT molecular complexity index is 1090. The molecule has 1 aliphatic heterocycles. The van der Waals surface area contributed by atoms with Gasteiger partial charge < -0.3 is 20.1 Å². The Balaban J connectivity index is 1.16. The van der Waals surface area contributed by atoms with Gasteiger partial charge in [0.05, 0.1) is 5.92 Å². The van der Waals surface area contributed by atoms with Crippen molar-refractivity contribution in [1.29, 1.82) is 0 Å². The summed E-state index contributed by atoms with van der Waals surface area (Å²) in [6.45, 7) is 2.90. The maximum Gasteiger partial charge on any atom is 0.407 e. The number of hydrogen-bond donors (Lipinski definition) is 2. The van der Waals surface area contributed by atoms with Crippen molar-refractivity contribution in [2.75, 3.05) is 19.7 Å². The first kappa shape index (κ1) is 23.4. The van der Waals surface area contributed by atoms with Gasteiger partial charge in [0, 0.05) is 31.0 Å². The van der Waals surface area contributed by atoms with E-state index in [0.717, 1.165) is 19.3 Å². The van der Waals surface area contributed by atoms with Gasteiger partial charge in [0.15, 0.2) is 0 Å². The highest BCUT2D eigenvalue weighted by Crippen LogP contribution is 2.44. The number of likely N-dealkylation sites (tertiary alicyclic amines) is 1. The highest BCUT2D eigenvalue weighted by atomic mass is 16.5. The Hall–Kier alpha value is -3.35. The second-order valence-corrected chi connectivity index (χ2v) is 10.2. The highest BCUT2D eigenvalue weighted by molar-refractivity contribution is 5.81. The third kappa shape index (κ3) is 4.64. The molecular formula is C28H32N2O5. The number of aliphatic carboxylic acids is 1. The van der Waals surface area contributed by atoms with Crippen LogP contribution in [0.4, 0.5) is 4.79 Å². The number of nitrogens with zero attached hydrogens (tertiary/aromatic N) is 1. The van der Waals surface area contributed by atoms with Crippen LogP contribution < -0.4 is 5.32 Å². The number of carboxylic acid groups (broad SMARTS) is 1. The van der Waals surface area contributed by atoms with E-state index >= 15 is 0 Å². The number of ether oxygens (including phenoxy) is 1. The molecule has 2 aliphatic carbocycles.